The molecule has 7 heteroatoms. The second kappa shape index (κ2) is 5.52. The van der Waals surface area contributed by atoms with E-state index in [4.69, 9.17) is 0 Å². The molecular formula is C11H12BrIN4O. The van der Waals surface area contributed by atoms with E-state index < -0.39 is 0 Å². The van der Waals surface area contributed by atoms with Crippen molar-refractivity contribution < 1.29 is 0 Å². The second-order valence-electron chi connectivity index (χ2n) is 3.86. The van der Waals surface area contributed by atoms with Gasteiger partial charge in [0.1, 0.15) is 0 Å². The summed E-state index contributed by atoms with van der Waals surface area (Å²) >= 11 is 5.53. The standard InChI is InChI=1S/C11H12BrIN4O/c1-3-8-10(12)9(16(2)15-8)5-17-6-14-4-7(13)11(17)18/h4,6H,3,5H2,1-2H3. The van der Waals surface area contributed by atoms with E-state index in [1.54, 1.807) is 21.8 Å². The zero-order valence-corrected chi connectivity index (χ0v) is 13.8. The molecule has 0 radical (unpaired) electrons. The minimum Gasteiger partial charge on any atom is -0.292 e. The molecule has 0 spiro atoms. The summed E-state index contributed by atoms with van der Waals surface area (Å²) in [6.07, 6.45) is 3.97. The Balaban J connectivity index is 2.43. The number of aryl methyl sites for hydroxylation is 2. The molecule has 0 saturated carbocycles. The number of hydrogen-bond donors (Lipinski definition) is 0. The minimum atomic E-state index is -0.0308. The van der Waals surface area contributed by atoms with Crippen LogP contribution >= 0.6 is 38.5 Å². The van der Waals surface area contributed by atoms with Gasteiger partial charge in [-0.25, -0.2) is 4.98 Å². The van der Waals surface area contributed by atoms with E-state index in [9.17, 15) is 4.79 Å². The van der Waals surface area contributed by atoms with Gasteiger partial charge in [-0.2, -0.15) is 5.10 Å². The smallest absolute Gasteiger partial charge is 0.267 e. The van der Waals surface area contributed by atoms with Crippen molar-refractivity contribution in [3.63, 3.8) is 0 Å². The zero-order chi connectivity index (χ0) is 13.3. The van der Waals surface area contributed by atoms with Crippen LogP contribution in [0.2, 0.25) is 0 Å². The Morgan fingerprint density at radius 2 is 2.22 bits per heavy atom. The normalized spacial score (nSPS) is 10.9. The van der Waals surface area contributed by atoms with Gasteiger partial charge in [-0.1, -0.05) is 6.92 Å². The zero-order valence-electron chi connectivity index (χ0n) is 10.0. The largest absolute Gasteiger partial charge is 0.292 e. The molecule has 0 aliphatic rings. The summed E-state index contributed by atoms with van der Waals surface area (Å²) in [5, 5.41) is 4.41. The third-order valence-electron chi connectivity index (χ3n) is 2.68. The molecule has 0 N–H and O–H groups in total. The fourth-order valence-electron chi connectivity index (χ4n) is 1.69. The van der Waals surface area contributed by atoms with Gasteiger partial charge in [0.2, 0.25) is 0 Å². The predicted octanol–water partition coefficient (Wildman–Crippen LogP) is 1.95. The maximum absolute atomic E-state index is 11.9. The maximum Gasteiger partial charge on any atom is 0.267 e. The molecular weight excluding hydrogens is 411 g/mol. The van der Waals surface area contributed by atoms with E-state index in [-0.39, 0.29) is 5.56 Å². The fraction of sp³-hybridized carbons (Fsp3) is 0.364. The van der Waals surface area contributed by atoms with Gasteiger partial charge >= 0.3 is 0 Å². The van der Waals surface area contributed by atoms with E-state index in [1.165, 1.54) is 0 Å². The average molecular weight is 423 g/mol. The van der Waals surface area contributed by atoms with E-state index in [0.29, 0.717) is 10.1 Å². The van der Waals surface area contributed by atoms with Crippen LogP contribution in [0, 0.1) is 3.57 Å². The Labute approximate surface area is 126 Å². The lowest BCUT2D eigenvalue weighted by molar-refractivity contribution is 0.638. The first-order valence-electron chi connectivity index (χ1n) is 5.44. The molecule has 2 aromatic rings. The molecule has 0 aliphatic carbocycles. The van der Waals surface area contributed by atoms with Crippen molar-refractivity contribution in [1.29, 1.82) is 0 Å². The molecule has 2 heterocycles. The second-order valence-corrected chi connectivity index (χ2v) is 5.81. The van der Waals surface area contributed by atoms with Crippen LogP contribution in [0.3, 0.4) is 0 Å². The fourth-order valence-corrected chi connectivity index (χ4v) is 2.90. The molecule has 0 fully saturated rings. The quantitative estimate of drug-likeness (QED) is 0.710. The summed E-state index contributed by atoms with van der Waals surface area (Å²) in [5.74, 6) is 0. The van der Waals surface area contributed by atoms with Gasteiger partial charge in [0, 0.05) is 13.2 Å². The highest BCUT2D eigenvalue weighted by atomic mass is 127. The summed E-state index contributed by atoms with van der Waals surface area (Å²) in [5.41, 5.74) is 1.94. The lowest BCUT2D eigenvalue weighted by atomic mass is 10.3. The third kappa shape index (κ3) is 2.51. The third-order valence-corrected chi connectivity index (χ3v) is 4.34. The molecule has 5 nitrogen and oxygen atoms in total. The van der Waals surface area contributed by atoms with Gasteiger partial charge < -0.3 is 0 Å². The molecule has 0 atom stereocenters. The monoisotopic (exact) mass is 422 g/mol. The van der Waals surface area contributed by atoms with E-state index in [2.05, 4.69) is 32.9 Å². The number of nitrogens with zero attached hydrogens (tertiary/aromatic N) is 4. The highest BCUT2D eigenvalue weighted by molar-refractivity contribution is 14.1. The predicted molar refractivity (Wildman–Crippen MR) is 80.6 cm³/mol. The molecule has 0 bridgehead atoms. The Morgan fingerprint density at radius 3 is 2.83 bits per heavy atom. The summed E-state index contributed by atoms with van der Waals surface area (Å²) in [7, 11) is 1.88. The van der Waals surface area contributed by atoms with Gasteiger partial charge in [-0.3, -0.25) is 14.0 Å². The molecule has 96 valence electrons. The summed E-state index contributed by atoms with van der Waals surface area (Å²) in [4.78, 5) is 16.0. The van der Waals surface area contributed by atoms with Gasteiger partial charge in [-0.15, -0.1) is 0 Å². The Bertz CT molecular complexity index is 634. The van der Waals surface area contributed by atoms with Gasteiger partial charge in [0.15, 0.2) is 0 Å². The van der Waals surface area contributed by atoms with Crippen molar-refractivity contribution in [2.24, 2.45) is 7.05 Å². The molecule has 2 aromatic heterocycles. The first-order chi connectivity index (χ1) is 8.54. The van der Waals surface area contributed by atoms with Crippen LogP contribution in [0.1, 0.15) is 18.3 Å². The lowest BCUT2D eigenvalue weighted by Crippen LogP contribution is -2.24. The molecule has 0 unspecified atom stereocenters. The number of aromatic nitrogens is 4. The summed E-state index contributed by atoms with van der Waals surface area (Å²) in [6.45, 7) is 2.52. The summed E-state index contributed by atoms with van der Waals surface area (Å²) in [6, 6.07) is 0. The van der Waals surface area contributed by atoms with E-state index in [1.807, 2.05) is 29.6 Å². The highest BCUT2D eigenvalue weighted by Gasteiger charge is 2.13. The van der Waals surface area contributed by atoms with Crippen LogP contribution in [0.25, 0.3) is 0 Å². The van der Waals surface area contributed by atoms with Gasteiger partial charge in [0.25, 0.3) is 5.56 Å². The molecule has 2 rings (SSSR count). The molecule has 0 saturated heterocycles. The van der Waals surface area contributed by atoms with Crippen LogP contribution in [-0.2, 0) is 20.0 Å². The minimum absolute atomic E-state index is 0.0308. The van der Waals surface area contributed by atoms with Gasteiger partial charge in [0.05, 0.1) is 32.3 Å². The first kappa shape index (κ1) is 13.7. The van der Waals surface area contributed by atoms with E-state index >= 15 is 0 Å². The Morgan fingerprint density at radius 1 is 1.50 bits per heavy atom. The van der Waals surface area contributed by atoms with Crippen molar-refractivity contribution in [2.75, 3.05) is 0 Å². The number of hydrogen-bond acceptors (Lipinski definition) is 3. The molecule has 18 heavy (non-hydrogen) atoms. The number of rotatable bonds is 3. The van der Waals surface area contributed by atoms with Crippen molar-refractivity contribution in [2.45, 2.75) is 19.9 Å². The van der Waals surface area contributed by atoms with Crippen molar-refractivity contribution in [1.82, 2.24) is 19.3 Å². The average Bonchev–Trinajstić information content (AvgIpc) is 2.62. The van der Waals surface area contributed by atoms with Crippen LogP contribution in [0.5, 0.6) is 0 Å². The van der Waals surface area contributed by atoms with Crippen molar-refractivity contribution in [3.05, 3.63) is 42.3 Å². The topological polar surface area (TPSA) is 52.7 Å². The van der Waals surface area contributed by atoms with Crippen LogP contribution in [-0.4, -0.2) is 19.3 Å². The van der Waals surface area contributed by atoms with Crippen LogP contribution in [0.4, 0.5) is 0 Å². The van der Waals surface area contributed by atoms with Gasteiger partial charge in [-0.05, 0) is 44.9 Å². The van der Waals surface area contributed by atoms with Crippen LogP contribution < -0.4 is 5.56 Å². The molecule has 0 aliphatic heterocycles. The molecule has 0 amide bonds. The van der Waals surface area contributed by atoms with E-state index in [0.717, 1.165) is 22.3 Å². The Kier molecular flexibility index (Phi) is 4.21. The maximum atomic E-state index is 11.9. The van der Waals surface area contributed by atoms with Crippen molar-refractivity contribution in [3.8, 4) is 0 Å². The molecule has 0 aromatic carbocycles. The number of halogens is 2. The van der Waals surface area contributed by atoms with Crippen molar-refractivity contribution >= 4 is 38.5 Å². The van der Waals surface area contributed by atoms with Crippen LogP contribution in [0.15, 0.2) is 21.8 Å². The summed E-state index contributed by atoms with van der Waals surface area (Å²) < 4.78 is 4.97. The lowest BCUT2D eigenvalue weighted by Gasteiger charge is -2.06. The Hall–Kier alpha value is -0.700. The highest BCUT2D eigenvalue weighted by Crippen LogP contribution is 2.21. The first-order valence-corrected chi connectivity index (χ1v) is 7.32. The SMILES string of the molecule is CCc1nn(C)c(Cn2cncc(I)c2=O)c1Br.